The molecule has 0 atom stereocenters. The maximum absolute atomic E-state index is 15.2. The SMILES string of the molecule is CCC(F)(F)c1c(-c2onc(-c3c(F)cccc3Cl)c2NC(C)=O)cnn1-c1cccc(F)c1. The molecule has 0 unspecified atom stereocenters. The summed E-state index contributed by atoms with van der Waals surface area (Å²) < 4.78 is 65.0. The van der Waals surface area contributed by atoms with Gasteiger partial charge < -0.3 is 9.84 Å². The van der Waals surface area contributed by atoms with E-state index in [-0.39, 0.29) is 39.0 Å². The molecule has 0 aliphatic carbocycles. The highest BCUT2D eigenvalue weighted by Gasteiger charge is 2.39. The summed E-state index contributed by atoms with van der Waals surface area (Å²) in [6.45, 7) is 2.45. The van der Waals surface area contributed by atoms with Gasteiger partial charge in [0.1, 0.15) is 28.7 Å². The zero-order chi connectivity index (χ0) is 24.6. The van der Waals surface area contributed by atoms with Gasteiger partial charge in [0, 0.05) is 13.3 Å². The number of hydrogen-bond donors (Lipinski definition) is 1. The third-order valence-corrected chi connectivity index (χ3v) is 5.36. The summed E-state index contributed by atoms with van der Waals surface area (Å²) in [4.78, 5) is 11.9. The van der Waals surface area contributed by atoms with E-state index < -0.39 is 35.6 Å². The number of benzene rings is 2. The molecule has 11 heteroatoms. The Morgan fingerprint density at radius 2 is 1.94 bits per heavy atom. The number of aromatic nitrogens is 3. The predicted molar refractivity (Wildman–Crippen MR) is 118 cm³/mol. The fraction of sp³-hybridized carbons (Fsp3) is 0.174. The van der Waals surface area contributed by atoms with Crippen LogP contribution in [0, 0.1) is 11.6 Å². The Bertz CT molecular complexity index is 1360. The van der Waals surface area contributed by atoms with Crippen LogP contribution in [0.2, 0.25) is 5.02 Å². The van der Waals surface area contributed by atoms with Crippen LogP contribution in [0.15, 0.2) is 53.2 Å². The first-order valence-corrected chi connectivity index (χ1v) is 10.5. The summed E-state index contributed by atoms with van der Waals surface area (Å²) in [6, 6.07) is 8.90. The summed E-state index contributed by atoms with van der Waals surface area (Å²) in [5.41, 5.74) is -1.30. The number of nitrogens with zero attached hydrogens (tertiary/aromatic N) is 3. The van der Waals surface area contributed by atoms with Gasteiger partial charge in [0.2, 0.25) is 5.91 Å². The summed E-state index contributed by atoms with van der Waals surface area (Å²) in [7, 11) is 0. The molecule has 34 heavy (non-hydrogen) atoms. The molecule has 0 spiro atoms. The molecule has 0 saturated heterocycles. The third-order valence-electron chi connectivity index (χ3n) is 5.05. The van der Waals surface area contributed by atoms with Crippen LogP contribution >= 0.6 is 11.6 Å². The van der Waals surface area contributed by atoms with E-state index in [1.165, 1.54) is 44.2 Å². The van der Waals surface area contributed by atoms with Crippen LogP contribution < -0.4 is 5.32 Å². The van der Waals surface area contributed by atoms with Gasteiger partial charge in [-0.3, -0.25) is 4.79 Å². The Balaban J connectivity index is 2.00. The zero-order valence-corrected chi connectivity index (χ0v) is 18.6. The largest absolute Gasteiger partial charge is 0.353 e. The first kappa shape index (κ1) is 23.5. The summed E-state index contributed by atoms with van der Waals surface area (Å²) >= 11 is 6.15. The number of carbonyl (C=O) groups is 1. The smallest absolute Gasteiger partial charge is 0.290 e. The van der Waals surface area contributed by atoms with E-state index in [9.17, 15) is 13.6 Å². The van der Waals surface area contributed by atoms with Gasteiger partial charge in [-0.25, -0.2) is 13.5 Å². The molecule has 0 bridgehead atoms. The van der Waals surface area contributed by atoms with Gasteiger partial charge in [-0.05, 0) is 30.3 Å². The average Bonchev–Trinajstić information content (AvgIpc) is 3.38. The van der Waals surface area contributed by atoms with Crippen molar-refractivity contribution in [2.75, 3.05) is 5.32 Å². The van der Waals surface area contributed by atoms with E-state index in [1.807, 2.05) is 0 Å². The van der Waals surface area contributed by atoms with Crippen LogP contribution in [0.4, 0.5) is 23.2 Å². The Morgan fingerprint density at radius 1 is 1.21 bits per heavy atom. The van der Waals surface area contributed by atoms with Crippen LogP contribution in [0.3, 0.4) is 0 Å². The summed E-state index contributed by atoms with van der Waals surface area (Å²) in [6.07, 6.45) is 0.471. The average molecular weight is 493 g/mol. The fourth-order valence-corrected chi connectivity index (χ4v) is 3.75. The number of anilines is 1. The van der Waals surface area contributed by atoms with Crippen molar-refractivity contribution < 1.29 is 26.9 Å². The van der Waals surface area contributed by atoms with Crippen molar-refractivity contribution in [3.63, 3.8) is 0 Å². The minimum atomic E-state index is -3.44. The van der Waals surface area contributed by atoms with Gasteiger partial charge >= 0.3 is 0 Å². The van der Waals surface area contributed by atoms with Gasteiger partial charge in [-0.2, -0.15) is 13.9 Å². The van der Waals surface area contributed by atoms with Crippen LogP contribution in [0.25, 0.3) is 28.3 Å². The van der Waals surface area contributed by atoms with E-state index in [2.05, 4.69) is 15.6 Å². The lowest BCUT2D eigenvalue weighted by atomic mass is 10.0. The summed E-state index contributed by atoms with van der Waals surface area (Å²) in [5.74, 6) is -5.70. The molecule has 2 aromatic heterocycles. The molecule has 0 radical (unpaired) electrons. The van der Waals surface area contributed by atoms with E-state index in [0.29, 0.717) is 0 Å². The van der Waals surface area contributed by atoms with Gasteiger partial charge in [0.15, 0.2) is 5.76 Å². The molecule has 4 rings (SSSR count). The van der Waals surface area contributed by atoms with Crippen LogP contribution in [-0.2, 0) is 10.7 Å². The molecule has 6 nitrogen and oxygen atoms in total. The molecule has 2 heterocycles. The number of nitrogens with one attached hydrogen (secondary N) is 1. The van der Waals surface area contributed by atoms with Gasteiger partial charge in [-0.1, -0.05) is 35.8 Å². The molecule has 0 aliphatic heterocycles. The van der Waals surface area contributed by atoms with Gasteiger partial charge in [0.05, 0.1) is 28.0 Å². The van der Waals surface area contributed by atoms with Gasteiger partial charge in [-0.15, -0.1) is 0 Å². The lowest BCUT2D eigenvalue weighted by Crippen LogP contribution is -2.19. The molecule has 1 amide bonds. The van der Waals surface area contributed by atoms with Crippen molar-refractivity contribution in [2.24, 2.45) is 0 Å². The molecule has 176 valence electrons. The van der Waals surface area contributed by atoms with Crippen molar-refractivity contribution in [1.29, 1.82) is 0 Å². The van der Waals surface area contributed by atoms with Crippen molar-refractivity contribution in [3.8, 4) is 28.3 Å². The maximum atomic E-state index is 15.2. The molecule has 0 aliphatic rings. The fourth-order valence-electron chi connectivity index (χ4n) is 3.50. The number of carbonyl (C=O) groups excluding carboxylic acids is 1. The highest BCUT2D eigenvalue weighted by molar-refractivity contribution is 6.33. The highest BCUT2D eigenvalue weighted by Crippen LogP contribution is 2.45. The van der Waals surface area contributed by atoms with Crippen molar-refractivity contribution in [3.05, 3.63) is 71.0 Å². The predicted octanol–water partition coefficient (Wildman–Crippen LogP) is 6.59. The number of hydrogen-bond acceptors (Lipinski definition) is 4. The molecule has 0 saturated carbocycles. The topological polar surface area (TPSA) is 73.0 Å². The molecule has 0 fully saturated rings. The lowest BCUT2D eigenvalue weighted by Gasteiger charge is -2.18. The number of rotatable bonds is 6. The molecular formula is C23H17ClF4N4O2. The normalized spacial score (nSPS) is 11.6. The molecule has 2 aromatic carbocycles. The van der Waals surface area contributed by atoms with Crippen molar-refractivity contribution >= 4 is 23.2 Å². The quantitative estimate of drug-likeness (QED) is 0.308. The second-order valence-corrected chi connectivity index (χ2v) is 7.78. The van der Waals surface area contributed by atoms with Crippen molar-refractivity contribution in [2.45, 2.75) is 26.2 Å². The maximum Gasteiger partial charge on any atom is 0.290 e. The Hall–Kier alpha value is -3.66. The monoisotopic (exact) mass is 492 g/mol. The Kier molecular flexibility index (Phi) is 6.18. The zero-order valence-electron chi connectivity index (χ0n) is 17.9. The minimum absolute atomic E-state index is 0.0268. The molecular weight excluding hydrogens is 476 g/mol. The van der Waals surface area contributed by atoms with E-state index in [1.54, 1.807) is 0 Å². The minimum Gasteiger partial charge on any atom is -0.353 e. The first-order valence-electron chi connectivity index (χ1n) is 10.1. The molecule has 1 N–H and O–H groups in total. The van der Waals surface area contributed by atoms with Gasteiger partial charge in [0.25, 0.3) is 5.92 Å². The van der Waals surface area contributed by atoms with E-state index >= 15 is 8.78 Å². The summed E-state index contributed by atoms with van der Waals surface area (Å²) in [5, 5.41) is 10.3. The van der Waals surface area contributed by atoms with Crippen molar-refractivity contribution in [1.82, 2.24) is 14.9 Å². The lowest BCUT2D eigenvalue weighted by molar-refractivity contribution is -0.114. The van der Waals surface area contributed by atoms with E-state index in [4.69, 9.17) is 16.1 Å². The second-order valence-electron chi connectivity index (χ2n) is 7.37. The van der Waals surface area contributed by atoms with Crippen LogP contribution in [0.5, 0.6) is 0 Å². The third kappa shape index (κ3) is 4.16. The number of amides is 1. The number of alkyl halides is 2. The number of halogens is 5. The first-order chi connectivity index (χ1) is 16.1. The molecule has 4 aromatic rings. The Labute approximate surface area is 196 Å². The standard InChI is InChI=1S/C23H17ClF4N4O2/c1-3-23(27,28)22-15(11-29-32(22)14-7-4-6-13(25)10-14)21-20(30-12(2)33)19(31-34-21)18-16(24)8-5-9-17(18)26/h4-11H,3H2,1-2H3,(H,30,33). The van der Waals surface area contributed by atoms with Crippen LogP contribution in [-0.4, -0.2) is 20.8 Å². The highest BCUT2D eigenvalue weighted by atomic mass is 35.5. The second kappa shape index (κ2) is 8.94. The van der Waals surface area contributed by atoms with E-state index in [0.717, 1.165) is 23.0 Å². The Morgan fingerprint density at radius 3 is 2.59 bits per heavy atom. The van der Waals surface area contributed by atoms with Crippen LogP contribution in [0.1, 0.15) is 26.0 Å².